The zero-order valence-electron chi connectivity index (χ0n) is 13.2. The Morgan fingerprint density at radius 2 is 2.21 bits per heavy atom. The standard InChI is InChI=1S/C17H17BrFN3O2/c1-2-14-15(19)16(21-10-20-14)24-11-7-8-22(9-11)17(23)12-5-3-4-6-13(12)18/h3-6,10-11H,2,7-9H2,1H3/t11-/m1/s1. The fourth-order valence-electron chi connectivity index (χ4n) is 2.69. The molecule has 3 rings (SSSR count). The van der Waals surface area contributed by atoms with Crippen LogP contribution in [0.3, 0.4) is 0 Å². The molecule has 24 heavy (non-hydrogen) atoms. The number of aromatic nitrogens is 2. The Balaban J connectivity index is 1.68. The highest BCUT2D eigenvalue weighted by atomic mass is 79.9. The number of likely N-dealkylation sites (tertiary alicyclic amines) is 1. The summed E-state index contributed by atoms with van der Waals surface area (Å²) in [4.78, 5) is 22.0. The molecule has 5 nitrogen and oxygen atoms in total. The van der Waals surface area contributed by atoms with E-state index in [9.17, 15) is 9.18 Å². The van der Waals surface area contributed by atoms with Crippen LogP contribution in [0.4, 0.5) is 4.39 Å². The van der Waals surface area contributed by atoms with E-state index >= 15 is 0 Å². The van der Waals surface area contributed by atoms with E-state index in [1.807, 2.05) is 25.1 Å². The third kappa shape index (κ3) is 3.40. The van der Waals surface area contributed by atoms with Crippen molar-refractivity contribution in [1.82, 2.24) is 14.9 Å². The van der Waals surface area contributed by atoms with Crippen LogP contribution in [0.1, 0.15) is 29.4 Å². The van der Waals surface area contributed by atoms with Gasteiger partial charge in [0, 0.05) is 17.4 Å². The first-order chi connectivity index (χ1) is 11.6. The summed E-state index contributed by atoms with van der Waals surface area (Å²) in [5.41, 5.74) is 0.943. The minimum absolute atomic E-state index is 0.0398. The van der Waals surface area contributed by atoms with Crippen LogP contribution in [0.2, 0.25) is 0 Å². The van der Waals surface area contributed by atoms with Crippen molar-refractivity contribution < 1.29 is 13.9 Å². The second-order valence-corrected chi connectivity index (χ2v) is 6.41. The Morgan fingerprint density at radius 3 is 2.96 bits per heavy atom. The van der Waals surface area contributed by atoms with Gasteiger partial charge in [0.1, 0.15) is 12.4 Å². The van der Waals surface area contributed by atoms with Gasteiger partial charge in [0.25, 0.3) is 11.8 Å². The Hall–Kier alpha value is -2.02. The second-order valence-electron chi connectivity index (χ2n) is 5.55. The van der Waals surface area contributed by atoms with Crippen molar-refractivity contribution in [3.05, 3.63) is 52.1 Å². The summed E-state index contributed by atoms with van der Waals surface area (Å²) in [7, 11) is 0. The number of nitrogens with zero attached hydrogens (tertiary/aromatic N) is 3. The summed E-state index contributed by atoms with van der Waals surface area (Å²) in [6.07, 6.45) is 2.14. The molecule has 1 aromatic carbocycles. The average Bonchev–Trinajstić information content (AvgIpc) is 3.05. The molecule has 1 aliphatic rings. The molecule has 2 heterocycles. The molecule has 0 N–H and O–H groups in total. The van der Waals surface area contributed by atoms with Crippen LogP contribution in [-0.4, -0.2) is 40.0 Å². The number of hydrogen-bond acceptors (Lipinski definition) is 4. The molecular formula is C17H17BrFN3O2. The summed E-state index contributed by atoms with van der Waals surface area (Å²) in [5, 5.41) is 0. The van der Waals surface area contributed by atoms with Gasteiger partial charge in [0.2, 0.25) is 5.82 Å². The predicted molar refractivity (Wildman–Crippen MR) is 90.4 cm³/mol. The lowest BCUT2D eigenvalue weighted by Crippen LogP contribution is -2.31. The van der Waals surface area contributed by atoms with Crippen LogP contribution in [-0.2, 0) is 6.42 Å². The molecule has 0 aliphatic carbocycles. The van der Waals surface area contributed by atoms with Gasteiger partial charge < -0.3 is 9.64 Å². The van der Waals surface area contributed by atoms with Gasteiger partial charge in [-0.05, 0) is 34.5 Å². The molecule has 0 saturated carbocycles. The van der Waals surface area contributed by atoms with E-state index in [-0.39, 0.29) is 17.9 Å². The van der Waals surface area contributed by atoms with E-state index in [1.54, 1.807) is 11.0 Å². The van der Waals surface area contributed by atoms with Gasteiger partial charge in [-0.15, -0.1) is 0 Å². The first kappa shape index (κ1) is 16.8. The maximum atomic E-state index is 14.2. The minimum atomic E-state index is -0.518. The normalized spacial score (nSPS) is 17.1. The molecule has 0 unspecified atom stereocenters. The predicted octanol–water partition coefficient (Wildman–Crippen LogP) is 3.23. The van der Waals surface area contributed by atoms with Crippen molar-refractivity contribution in [3.8, 4) is 5.88 Å². The third-order valence-electron chi connectivity index (χ3n) is 3.98. The maximum absolute atomic E-state index is 14.2. The smallest absolute Gasteiger partial charge is 0.255 e. The zero-order chi connectivity index (χ0) is 17.1. The van der Waals surface area contributed by atoms with Gasteiger partial charge >= 0.3 is 0 Å². The molecule has 1 amide bonds. The van der Waals surface area contributed by atoms with Crippen LogP contribution in [0.5, 0.6) is 5.88 Å². The number of halogens is 2. The number of carbonyl (C=O) groups is 1. The molecule has 0 radical (unpaired) electrons. The molecule has 0 spiro atoms. The molecular weight excluding hydrogens is 377 g/mol. The minimum Gasteiger partial charge on any atom is -0.470 e. The van der Waals surface area contributed by atoms with Crippen LogP contribution < -0.4 is 4.74 Å². The van der Waals surface area contributed by atoms with Crippen molar-refractivity contribution in [2.24, 2.45) is 0 Å². The molecule has 1 fully saturated rings. The topological polar surface area (TPSA) is 55.3 Å². The van der Waals surface area contributed by atoms with E-state index < -0.39 is 5.82 Å². The highest BCUT2D eigenvalue weighted by Gasteiger charge is 2.30. The van der Waals surface area contributed by atoms with Gasteiger partial charge in [-0.25, -0.2) is 4.98 Å². The molecule has 0 bridgehead atoms. The van der Waals surface area contributed by atoms with Crippen LogP contribution in [0, 0.1) is 5.82 Å². The highest BCUT2D eigenvalue weighted by molar-refractivity contribution is 9.10. The Morgan fingerprint density at radius 1 is 1.42 bits per heavy atom. The maximum Gasteiger partial charge on any atom is 0.255 e. The molecule has 126 valence electrons. The van der Waals surface area contributed by atoms with E-state index in [4.69, 9.17) is 4.74 Å². The molecule has 7 heteroatoms. The van der Waals surface area contributed by atoms with Crippen molar-refractivity contribution in [2.45, 2.75) is 25.9 Å². The van der Waals surface area contributed by atoms with Crippen LogP contribution in [0.25, 0.3) is 0 Å². The van der Waals surface area contributed by atoms with Crippen molar-refractivity contribution in [1.29, 1.82) is 0 Å². The summed E-state index contributed by atoms with van der Waals surface area (Å²) in [6.45, 7) is 2.80. The number of carbonyl (C=O) groups excluding carboxylic acids is 1. The lowest BCUT2D eigenvalue weighted by Gasteiger charge is -2.18. The number of rotatable bonds is 4. The van der Waals surface area contributed by atoms with E-state index in [2.05, 4.69) is 25.9 Å². The van der Waals surface area contributed by atoms with Crippen molar-refractivity contribution in [2.75, 3.05) is 13.1 Å². The largest absolute Gasteiger partial charge is 0.470 e. The van der Waals surface area contributed by atoms with Gasteiger partial charge in [-0.1, -0.05) is 19.1 Å². The Kier molecular flexibility index (Phi) is 5.08. The fourth-order valence-corrected chi connectivity index (χ4v) is 3.14. The summed E-state index contributed by atoms with van der Waals surface area (Å²) in [6, 6.07) is 7.29. The van der Waals surface area contributed by atoms with Gasteiger partial charge in [-0.2, -0.15) is 9.37 Å². The fraction of sp³-hybridized carbons (Fsp3) is 0.353. The zero-order valence-corrected chi connectivity index (χ0v) is 14.8. The average molecular weight is 394 g/mol. The van der Waals surface area contributed by atoms with Crippen LogP contribution in [0.15, 0.2) is 35.1 Å². The molecule has 1 atom stereocenters. The number of amides is 1. The lowest BCUT2D eigenvalue weighted by molar-refractivity contribution is 0.0769. The second kappa shape index (κ2) is 7.25. The van der Waals surface area contributed by atoms with Crippen LogP contribution >= 0.6 is 15.9 Å². The lowest BCUT2D eigenvalue weighted by atomic mass is 10.2. The van der Waals surface area contributed by atoms with Crippen molar-refractivity contribution in [3.63, 3.8) is 0 Å². The number of benzene rings is 1. The van der Waals surface area contributed by atoms with E-state index in [0.717, 1.165) is 4.47 Å². The highest BCUT2D eigenvalue weighted by Crippen LogP contribution is 2.24. The van der Waals surface area contributed by atoms with E-state index in [0.29, 0.717) is 37.2 Å². The summed E-state index contributed by atoms with van der Waals surface area (Å²) < 4.78 is 20.6. The van der Waals surface area contributed by atoms with Crippen molar-refractivity contribution >= 4 is 21.8 Å². The quantitative estimate of drug-likeness (QED) is 0.799. The first-order valence-corrected chi connectivity index (χ1v) is 8.59. The van der Waals surface area contributed by atoms with Gasteiger partial charge in [0.05, 0.1) is 17.8 Å². The molecule has 1 aromatic heterocycles. The first-order valence-electron chi connectivity index (χ1n) is 7.80. The molecule has 2 aromatic rings. The van der Waals surface area contributed by atoms with Gasteiger partial charge in [0.15, 0.2) is 0 Å². The number of hydrogen-bond donors (Lipinski definition) is 0. The monoisotopic (exact) mass is 393 g/mol. The Labute approximate surface area is 148 Å². The summed E-state index contributed by atoms with van der Waals surface area (Å²) in [5.74, 6) is -0.622. The van der Waals surface area contributed by atoms with E-state index in [1.165, 1.54) is 6.33 Å². The summed E-state index contributed by atoms with van der Waals surface area (Å²) >= 11 is 3.39. The third-order valence-corrected chi connectivity index (χ3v) is 4.67. The molecule has 1 saturated heterocycles. The number of ether oxygens (including phenoxy) is 1. The SMILES string of the molecule is CCc1ncnc(O[C@@H]2CCN(C(=O)c3ccccc3Br)C2)c1F. The van der Waals surface area contributed by atoms with Gasteiger partial charge in [-0.3, -0.25) is 4.79 Å². The Bertz CT molecular complexity index is 756. The molecule has 1 aliphatic heterocycles. The number of aryl methyl sites for hydroxylation is 1.